The van der Waals surface area contributed by atoms with Gasteiger partial charge in [0.15, 0.2) is 0 Å². The summed E-state index contributed by atoms with van der Waals surface area (Å²) < 4.78 is 5.75. The summed E-state index contributed by atoms with van der Waals surface area (Å²) in [5.41, 5.74) is 0.802. The van der Waals surface area contributed by atoms with E-state index in [-0.39, 0.29) is 6.42 Å². The summed E-state index contributed by atoms with van der Waals surface area (Å²) in [6, 6.07) is 7.33. The fourth-order valence-electron chi connectivity index (χ4n) is 2.86. The van der Waals surface area contributed by atoms with E-state index in [1.165, 1.54) is 32.4 Å². The molecule has 116 valence electrons. The van der Waals surface area contributed by atoms with Gasteiger partial charge in [-0.05, 0) is 43.0 Å². The molecule has 1 fully saturated rings. The SMILES string of the molecule is CCC1CCCN(CCOc2ccc(CC(=O)O)cc2)C1. The summed E-state index contributed by atoms with van der Waals surface area (Å²) in [7, 11) is 0. The fraction of sp³-hybridized carbons (Fsp3) is 0.588. The van der Waals surface area contributed by atoms with Gasteiger partial charge in [-0.25, -0.2) is 0 Å². The lowest BCUT2D eigenvalue weighted by molar-refractivity contribution is -0.136. The van der Waals surface area contributed by atoms with Crippen molar-refractivity contribution in [3.8, 4) is 5.75 Å². The Morgan fingerprint density at radius 3 is 2.81 bits per heavy atom. The Labute approximate surface area is 126 Å². The molecule has 1 aliphatic heterocycles. The lowest BCUT2D eigenvalue weighted by atomic mass is 9.96. The van der Waals surface area contributed by atoms with Crippen molar-refractivity contribution in [2.24, 2.45) is 5.92 Å². The van der Waals surface area contributed by atoms with Gasteiger partial charge < -0.3 is 9.84 Å². The summed E-state index contributed by atoms with van der Waals surface area (Å²) in [6.45, 7) is 6.29. The standard InChI is InChI=1S/C17H25NO3/c1-2-14-4-3-9-18(13-14)10-11-21-16-7-5-15(6-8-16)12-17(19)20/h5-8,14H,2-4,9-13H2,1H3,(H,19,20). The molecular weight excluding hydrogens is 266 g/mol. The monoisotopic (exact) mass is 291 g/mol. The van der Waals surface area contributed by atoms with Crippen LogP contribution >= 0.6 is 0 Å². The van der Waals surface area contributed by atoms with Gasteiger partial charge in [0.05, 0.1) is 6.42 Å². The van der Waals surface area contributed by atoms with Crippen LogP contribution in [0.15, 0.2) is 24.3 Å². The van der Waals surface area contributed by atoms with E-state index in [2.05, 4.69) is 11.8 Å². The molecular formula is C17H25NO3. The zero-order chi connectivity index (χ0) is 15.1. The highest BCUT2D eigenvalue weighted by Crippen LogP contribution is 2.19. The Kier molecular flexibility index (Phi) is 6.05. The molecule has 0 saturated carbocycles. The molecule has 1 atom stereocenters. The second-order valence-corrected chi connectivity index (χ2v) is 5.78. The number of carboxylic acids is 1. The zero-order valence-corrected chi connectivity index (χ0v) is 12.8. The van der Waals surface area contributed by atoms with Crippen molar-refractivity contribution in [1.82, 2.24) is 4.90 Å². The van der Waals surface area contributed by atoms with E-state index in [0.29, 0.717) is 6.61 Å². The summed E-state index contributed by atoms with van der Waals surface area (Å²) in [4.78, 5) is 13.1. The molecule has 0 spiro atoms. The molecule has 0 radical (unpaired) electrons. The maximum Gasteiger partial charge on any atom is 0.307 e. The average molecular weight is 291 g/mol. The molecule has 21 heavy (non-hydrogen) atoms. The molecule has 4 heteroatoms. The second-order valence-electron chi connectivity index (χ2n) is 5.78. The number of hydrogen-bond acceptors (Lipinski definition) is 3. The maximum absolute atomic E-state index is 10.6. The van der Waals surface area contributed by atoms with Crippen molar-refractivity contribution in [3.05, 3.63) is 29.8 Å². The summed E-state index contributed by atoms with van der Waals surface area (Å²) in [5.74, 6) is 0.849. The van der Waals surface area contributed by atoms with Gasteiger partial charge >= 0.3 is 5.97 Å². The van der Waals surface area contributed by atoms with Gasteiger partial charge in [-0.2, -0.15) is 0 Å². The predicted octanol–water partition coefficient (Wildman–Crippen LogP) is 2.81. The molecule has 1 N–H and O–H groups in total. The topological polar surface area (TPSA) is 49.8 Å². The first kappa shape index (κ1) is 15.8. The van der Waals surface area contributed by atoms with Gasteiger partial charge in [0.1, 0.15) is 12.4 Å². The third-order valence-corrected chi connectivity index (χ3v) is 4.14. The fourth-order valence-corrected chi connectivity index (χ4v) is 2.86. The normalized spacial score (nSPS) is 19.4. The first-order valence-corrected chi connectivity index (χ1v) is 7.83. The van der Waals surface area contributed by atoms with Crippen molar-refractivity contribution >= 4 is 5.97 Å². The smallest absolute Gasteiger partial charge is 0.307 e. The van der Waals surface area contributed by atoms with Gasteiger partial charge in [0, 0.05) is 13.1 Å². The third-order valence-electron chi connectivity index (χ3n) is 4.14. The van der Waals surface area contributed by atoms with Crippen molar-refractivity contribution in [1.29, 1.82) is 0 Å². The molecule has 1 heterocycles. The van der Waals surface area contributed by atoms with Crippen LogP contribution in [0.4, 0.5) is 0 Å². The molecule has 4 nitrogen and oxygen atoms in total. The van der Waals surface area contributed by atoms with Gasteiger partial charge in [0.25, 0.3) is 0 Å². The van der Waals surface area contributed by atoms with Gasteiger partial charge in [-0.3, -0.25) is 9.69 Å². The van der Waals surface area contributed by atoms with Crippen LogP contribution in [0.2, 0.25) is 0 Å². The first-order chi connectivity index (χ1) is 10.2. The Hall–Kier alpha value is -1.55. The Bertz CT molecular complexity index is 444. The van der Waals surface area contributed by atoms with E-state index < -0.39 is 5.97 Å². The van der Waals surface area contributed by atoms with Crippen molar-refractivity contribution in [2.45, 2.75) is 32.6 Å². The van der Waals surface area contributed by atoms with Crippen molar-refractivity contribution < 1.29 is 14.6 Å². The van der Waals surface area contributed by atoms with E-state index in [4.69, 9.17) is 9.84 Å². The van der Waals surface area contributed by atoms with Crippen LogP contribution in [0, 0.1) is 5.92 Å². The van der Waals surface area contributed by atoms with Crippen LogP contribution in [-0.2, 0) is 11.2 Å². The molecule has 0 aromatic heterocycles. The van der Waals surface area contributed by atoms with Gasteiger partial charge in [-0.15, -0.1) is 0 Å². The van der Waals surface area contributed by atoms with Gasteiger partial charge in [0.2, 0.25) is 0 Å². The molecule has 1 unspecified atom stereocenters. The van der Waals surface area contributed by atoms with Crippen molar-refractivity contribution in [3.63, 3.8) is 0 Å². The lowest BCUT2D eigenvalue weighted by Gasteiger charge is -2.32. The molecule has 1 aromatic carbocycles. The summed E-state index contributed by atoms with van der Waals surface area (Å²) >= 11 is 0. The van der Waals surface area contributed by atoms with Crippen LogP contribution in [-0.4, -0.2) is 42.2 Å². The molecule has 2 rings (SSSR count). The minimum absolute atomic E-state index is 0.0620. The van der Waals surface area contributed by atoms with E-state index in [0.717, 1.165) is 23.8 Å². The number of carbonyl (C=O) groups is 1. The lowest BCUT2D eigenvalue weighted by Crippen LogP contribution is -2.37. The van der Waals surface area contributed by atoms with Crippen LogP contribution in [0.1, 0.15) is 31.7 Å². The summed E-state index contributed by atoms with van der Waals surface area (Å²) in [5, 5.41) is 8.73. The highest BCUT2D eigenvalue weighted by atomic mass is 16.5. The number of likely N-dealkylation sites (tertiary alicyclic amines) is 1. The van der Waals surface area contributed by atoms with Crippen LogP contribution in [0.3, 0.4) is 0 Å². The average Bonchev–Trinajstić information content (AvgIpc) is 2.49. The molecule has 1 aliphatic rings. The van der Waals surface area contributed by atoms with E-state index >= 15 is 0 Å². The number of carboxylic acid groups (broad SMARTS) is 1. The van der Waals surface area contributed by atoms with E-state index in [1.807, 2.05) is 24.3 Å². The number of rotatable bonds is 7. The Morgan fingerprint density at radius 1 is 1.38 bits per heavy atom. The number of benzene rings is 1. The minimum atomic E-state index is -0.806. The third kappa shape index (κ3) is 5.38. The van der Waals surface area contributed by atoms with Gasteiger partial charge in [-0.1, -0.05) is 25.5 Å². The van der Waals surface area contributed by atoms with Crippen LogP contribution < -0.4 is 4.74 Å². The Morgan fingerprint density at radius 2 is 2.14 bits per heavy atom. The highest BCUT2D eigenvalue weighted by molar-refractivity contribution is 5.70. The maximum atomic E-state index is 10.6. The zero-order valence-electron chi connectivity index (χ0n) is 12.8. The highest BCUT2D eigenvalue weighted by Gasteiger charge is 2.17. The number of piperidine rings is 1. The Balaban J connectivity index is 1.71. The summed E-state index contributed by atoms with van der Waals surface area (Å²) in [6.07, 6.45) is 3.98. The number of aliphatic carboxylic acids is 1. The first-order valence-electron chi connectivity index (χ1n) is 7.83. The van der Waals surface area contributed by atoms with E-state index in [9.17, 15) is 4.79 Å². The molecule has 0 amide bonds. The minimum Gasteiger partial charge on any atom is -0.492 e. The molecule has 1 aromatic rings. The largest absolute Gasteiger partial charge is 0.492 e. The van der Waals surface area contributed by atoms with Crippen molar-refractivity contribution in [2.75, 3.05) is 26.2 Å². The van der Waals surface area contributed by atoms with E-state index in [1.54, 1.807) is 0 Å². The van der Waals surface area contributed by atoms with Crippen LogP contribution in [0.25, 0.3) is 0 Å². The number of ether oxygens (including phenoxy) is 1. The quantitative estimate of drug-likeness (QED) is 0.839. The molecule has 0 aliphatic carbocycles. The number of hydrogen-bond donors (Lipinski definition) is 1. The second kappa shape index (κ2) is 8.03. The van der Waals surface area contributed by atoms with Crippen LogP contribution in [0.5, 0.6) is 5.75 Å². The number of nitrogens with zero attached hydrogens (tertiary/aromatic N) is 1. The molecule has 1 saturated heterocycles. The molecule has 0 bridgehead atoms. The predicted molar refractivity (Wildman–Crippen MR) is 82.7 cm³/mol.